The highest BCUT2D eigenvalue weighted by Crippen LogP contribution is 2.34. The predicted octanol–water partition coefficient (Wildman–Crippen LogP) is 2.31. The lowest BCUT2D eigenvalue weighted by Gasteiger charge is -2.36. The van der Waals surface area contributed by atoms with E-state index in [0.717, 1.165) is 6.54 Å². The maximum Gasteiger partial charge on any atom is 0.0109 e. The topological polar surface area (TPSA) is 32.5 Å². The van der Waals surface area contributed by atoms with Gasteiger partial charge in [-0.1, -0.05) is 25.7 Å². The van der Waals surface area contributed by atoms with Crippen molar-refractivity contribution in [3.63, 3.8) is 0 Å². The molecule has 0 bridgehead atoms. The molecule has 19 heavy (non-hydrogen) atoms. The van der Waals surface area contributed by atoms with E-state index < -0.39 is 0 Å². The van der Waals surface area contributed by atoms with Gasteiger partial charge in [0.1, 0.15) is 0 Å². The van der Waals surface area contributed by atoms with Crippen LogP contribution in [0.2, 0.25) is 0 Å². The molecule has 2 rings (SSSR count). The SMILES string of the molecule is CN(CCN1CCCC1)CC1(CN)CCCCCC1. The van der Waals surface area contributed by atoms with Crippen LogP contribution in [-0.4, -0.2) is 56.1 Å². The number of likely N-dealkylation sites (tertiary alicyclic amines) is 1. The first-order valence-corrected chi connectivity index (χ1v) is 8.35. The van der Waals surface area contributed by atoms with Crippen LogP contribution in [0.3, 0.4) is 0 Å². The Kier molecular flexibility index (Phi) is 6.11. The third-order valence-electron chi connectivity index (χ3n) is 5.20. The highest BCUT2D eigenvalue weighted by Gasteiger charge is 2.30. The molecule has 1 saturated heterocycles. The van der Waals surface area contributed by atoms with Crippen LogP contribution in [0.4, 0.5) is 0 Å². The summed E-state index contributed by atoms with van der Waals surface area (Å²) in [7, 11) is 2.29. The summed E-state index contributed by atoms with van der Waals surface area (Å²) in [4.78, 5) is 5.15. The van der Waals surface area contributed by atoms with Gasteiger partial charge in [0, 0.05) is 19.6 Å². The summed E-state index contributed by atoms with van der Waals surface area (Å²) in [6.45, 7) is 7.17. The van der Waals surface area contributed by atoms with E-state index >= 15 is 0 Å². The van der Waals surface area contributed by atoms with Crippen molar-refractivity contribution in [3.05, 3.63) is 0 Å². The minimum absolute atomic E-state index is 0.413. The largest absolute Gasteiger partial charge is 0.330 e. The molecule has 2 N–H and O–H groups in total. The molecule has 1 aliphatic carbocycles. The quantitative estimate of drug-likeness (QED) is 0.750. The van der Waals surface area contributed by atoms with E-state index in [4.69, 9.17) is 5.73 Å². The Morgan fingerprint density at radius 1 is 1.00 bits per heavy atom. The molecule has 0 unspecified atom stereocenters. The molecule has 0 atom stereocenters. The Balaban J connectivity index is 1.75. The maximum atomic E-state index is 6.14. The third-order valence-corrected chi connectivity index (χ3v) is 5.20. The molecular formula is C16H33N3. The summed E-state index contributed by atoms with van der Waals surface area (Å²) >= 11 is 0. The van der Waals surface area contributed by atoms with Crippen molar-refractivity contribution in [2.45, 2.75) is 51.4 Å². The summed E-state index contributed by atoms with van der Waals surface area (Å²) in [5, 5.41) is 0. The molecule has 0 radical (unpaired) electrons. The molecule has 1 heterocycles. The molecule has 0 amide bonds. The van der Waals surface area contributed by atoms with E-state index in [2.05, 4.69) is 16.8 Å². The third kappa shape index (κ3) is 4.73. The minimum Gasteiger partial charge on any atom is -0.330 e. The van der Waals surface area contributed by atoms with Crippen molar-refractivity contribution in [1.29, 1.82) is 0 Å². The second kappa shape index (κ2) is 7.61. The van der Waals surface area contributed by atoms with Crippen molar-refractivity contribution in [3.8, 4) is 0 Å². The van der Waals surface area contributed by atoms with Gasteiger partial charge in [0.2, 0.25) is 0 Å². The number of nitrogens with zero attached hydrogens (tertiary/aromatic N) is 2. The number of likely N-dealkylation sites (N-methyl/N-ethyl adjacent to an activating group) is 1. The fraction of sp³-hybridized carbons (Fsp3) is 1.00. The van der Waals surface area contributed by atoms with Crippen LogP contribution < -0.4 is 5.73 Å². The number of hydrogen-bond donors (Lipinski definition) is 1. The van der Waals surface area contributed by atoms with Crippen LogP contribution in [0.15, 0.2) is 0 Å². The van der Waals surface area contributed by atoms with Gasteiger partial charge in [-0.3, -0.25) is 0 Å². The highest BCUT2D eigenvalue weighted by atomic mass is 15.2. The first-order chi connectivity index (χ1) is 9.24. The average molecular weight is 267 g/mol. The normalized spacial score (nSPS) is 24.8. The fourth-order valence-corrected chi connectivity index (χ4v) is 3.88. The highest BCUT2D eigenvalue weighted by molar-refractivity contribution is 4.85. The van der Waals surface area contributed by atoms with Crippen LogP contribution in [0.1, 0.15) is 51.4 Å². The Morgan fingerprint density at radius 3 is 2.21 bits per heavy atom. The van der Waals surface area contributed by atoms with E-state index in [-0.39, 0.29) is 0 Å². The molecule has 0 spiro atoms. The first kappa shape index (κ1) is 15.3. The molecule has 0 aromatic carbocycles. The number of rotatable bonds is 6. The molecule has 2 fully saturated rings. The van der Waals surface area contributed by atoms with Gasteiger partial charge in [0.05, 0.1) is 0 Å². The average Bonchev–Trinajstić information content (AvgIpc) is 2.83. The Bertz CT molecular complexity index is 240. The standard InChI is InChI=1S/C16H33N3/c1-18(12-13-19-10-6-7-11-19)15-16(14-17)8-4-2-3-5-9-16/h2-15,17H2,1H3. The van der Waals surface area contributed by atoms with Gasteiger partial charge in [-0.05, 0) is 57.8 Å². The monoisotopic (exact) mass is 267 g/mol. The molecule has 0 aromatic heterocycles. The van der Waals surface area contributed by atoms with E-state index in [1.807, 2.05) is 0 Å². The van der Waals surface area contributed by atoms with Gasteiger partial charge in [-0.25, -0.2) is 0 Å². The zero-order chi connectivity index (χ0) is 13.6. The minimum atomic E-state index is 0.413. The Morgan fingerprint density at radius 2 is 1.63 bits per heavy atom. The Hall–Kier alpha value is -0.120. The van der Waals surface area contributed by atoms with Crippen molar-refractivity contribution in [2.75, 3.05) is 46.3 Å². The fourth-order valence-electron chi connectivity index (χ4n) is 3.88. The van der Waals surface area contributed by atoms with Crippen LogP contribution in [-0.2, 0) is 0 Å². The van der Waals surface area contributed by atoms with Gasteiger partial charge < -0.3 is 15.5 Å². The number of hydrogen-bond acceptors (Lipinski definition) is 3. The van der Waals surface area contributed by atoms with E-state index in [1.54, 1.807) is 0 Å². The zero-order valence-corrected chi connectivity index (χ0v) is 12.9. The van der Waals surface area contributed by atoms with Crippen LogP contribution >= 0.6 is 0 Å². The van der Waals surface area contributed by atoms with Crippen LogP contribution in [0.5, 0.6) is 0 Å². The lowest BCUT2D eigenvalue weighted by atomic mass is 9.80. The summed E-state index contributed by atoms with van der Waals surface area (Å²) in [6.07, 6.45) is 11.1. The molecular weight excluding hydrogens is 234 g/mol. The second-order valence-electron chi connectivity index (χ2n) is 6.90. The van der Waals surface area contributed by atoms with Crippen molar-refractivity contribution in [1.82, 2.24) is 9.80 Å². The predicted molar refractivity (Wildman–Crippen MR) is 82.4 cm³/mol. The second-order valence-corrected chi connectivity index (χ2v) is 6.90. The first-order valence-electron chi connectivity index (χ1n) is 8.35. The summed E-state index contributed by atoms with van der Waals surface area (Å²) in [6, 6.07) is 0. The lowest BCUT2D eigenvalue weighted by Crippen LogP contribution is -2.43. The van der Waals surface area contributed by atoms with Crippen molar-refractivity contribution in [2.24, 2.45) is 11.1 Å². The van der Waals surface area contributed by atoms with E-state index in [0.29, 0.717) is 5.41 Å². The maximum absolute atomic E-state index is 6.14. The van der Waals surface area contributed by atoms with Gasteiger partial charge in [0.15, 0.2) is 0 Å². The van der Waals surface area contributed by atoms with Gasteiger partial charge in [0.25, 0.3) is 0 Å². The summed E-state index contributed by atoms with van der Waals surface area (Å²) in [5.74, 6) is 0. The van der Waals surface area contributed by atoms with Gasteiger partial charge in [-0.2, -0.15) is 0 Å². The summed E-state index contributed by atoms with van der Waals surface area (Å²) in [5.41, 5.74) is 6.55. The van der Waals surface area contributed by atoms with Crippen LogP contribution in [0.25, 0.3) is 0 Å². The zero-order valence-electron chi connectivity index (χ0n) is 12.9. The smallest absolute Gasteiger partial charge is 0.0109 e. The van der Waals surface area contributed by atoms with Gasteiger partial charge >= 0.3 is 0 Å². The number of nitrogens with two attached hydrogens (primary N) is 1. The molecule has 1 aliphatic heterocycles. The van der Waals surface area contributed by atoms with E-state index in [9.17, 15) is 0 Å². The van der Waals surface area contributed by atoms with Crippen LogP contribution in [0, 0.1) is 5.41 Å². The lowest BCUT2D eigenvalue weighted by molar-refractivity contribution is 0.146. The van der Waals surface area contributed by atoms with Gasteiger partial charge in [-0.15, -0.1) is 0 Å². The van der Waals surface area contributed by atoms with Crippen molar-refractivity contribution < 1.29 is 0 Å². The Labute approximate surface area is 119 Å². The van der Waals surface area contributed by atoms with Crippen molar-refractivity contribution >= 4 is 0 Å². The molecule has 2 aliphatic rings. The molecule has 3 nitrogen and oxygen atoms in total. The molecule has 3 heteroatoms. The molecule has 0 aromatic rings. The molecule has 112 valence electrons. The summed E-state index contributed by atoms with van der Waals surface area (Å²) < 4.78 is 0. The molecule has 1 saturated carbocycles. The van der Waals surface area contributed by atoms with E-state index in [1.165, 1.54) is 84.1 Å².